The van der Waals surface area contributed by atoms with Crippen LogP contribution in [0.15, 0.2) is 65.6 Å². The van der Waals surface area contributed by atoms with Gasteiger partial charge < -0.3 is 0 Å². The zero-order valence-electron chi connectivity index (χ0n) is 14.8. The minimum atomic E-state index is -3.71. The van der Waals surface area contributed by atoms with E-state index in [0.29, 0.717) is 11.3 Å². The second-order valence-electron chi connectivity index (χ2n) is 6.69. The molecule has 1 atom stereocenters. The molecule has 27 heavy (non-hydrogen) atoms. The van der Waals surface area contributed by atoms with Crippen LogP contribution in [-0.4, -0.2) is 30.9 Å². The molecule has 1 aliphatic rings. The summed E-state index contributed by atoms with van der Waals surface area (Å²) in [5.74, 6) is -1.37. The van der Waals surface area contributed by atoms with Gasteiger partial charge in [0.1, 0.15) is 0 Å². The molecular weight excluding hydrogens is 477 g/mol. The zero-order valence-corrected chi connectivity index (χ0v) is 17.8. The lowest BCUT2D eigenvalue weighted by atomic mass is 9.93. The Kier molecular flexibility index (Phi) is 5.27. The number of benzene rings is 2. The van der Waals surface area contributed by atoms with Gasteiger partial charge in [-0.3, -0.25) is 9.59 Å². The summed E-state index contributed by atoms with van der Waals surface area (Å²) in [7, 11) is -3.71. The Balaban J connectivity index is 2.03. The summed E-state index contributed by atoms with van der Waals surface area (Å²) < 4.78 is 26.7. The summed E-state index contributed by atoms with van der Waals surface area (Å²) in [6.45, 7) is 2.86. The quantitative estimate of drug-likeness (QED) is 0.609. The van der Waals surface area contributed by atoms with Crippen LogP contribution in [0.1, 0.15) is 19.4 Å². The molecule has 0 fully saturated rings. The van der Waals surface area contributed by atoms with Gasteiger partial charge in [-0.25, -0.2) is 13.3 Å². The van der Waals surface area contributed by atoms with Gasteiger partial charge in [-0.15, -0.1) is 0 Å². The van der Waals surface area contributed by atoms with Gasteiger partial charge in [-0.05, 0) is 65.4 Å². The van der Waals surface area contributed by atoms with Crippen LogP contribution in [0, 0.1) is 8.99 Å². The molecule has 2 amide bonds. The Hall–Kier alpha value is -2.00. The van der Waals surface area contributed by atoms with Crippen molar-refractivity contribution in [2.24, 2.45) is 5.41 Å². The molecule has 3 rings (SSSR count). The lowest BCUT2D eigenvalue weighted by Gasteiger charge is -2.23. The lowest BCUT2D eigenvalue weighted by Crippen LogP contribution is -2.40. The van der Waals surface area contributed by atoms with E-state index >= 15 is 0 Å². The fraction of sp³-hybridized carbons (Fsp3) is 0.200. The largest absolute Gasteiger partial charge is 0.274 e. The topological polar surface area (TPSA) is 71.5 Å². The van der Waals surface area contributed by atoms with Gasteiger partial charge in [-0.2, -0.15) is 0 Å². The molecule has 0 N–H and O–H groups in total. The van der Waals surface area contributed by atoms with E-state index in [9.17, 15) is 18.0 Å². The first kappa shape index (κ1) is 19.8. The number of amides is 2. The number of carbonyl (C=O) groups excluding carboxylic acids is 2. The van der Waals surface area contributed by atoms with Crippen LogP contribution in [-0.2, 0) is 19.4 Å². The van der Waals surface area contributed by atoms with E-state index in [1.54, 1.807) is 49.4 Å². The maximum atomic E-state index is 13.0. The fourth-order valence-electron chi connectivity index (χ4n) is 3.15. The first-order chi connectivity index (χ1) is 12.6. The number of nitrogens with zero attached hydrogens (tertiary/aromatic N) is 1. The van der Waals surface area contributed by atoms with E-state index < -0.39 is 32.8 Å². The Morgan fingerprint density at radius 3 is 2.22 bits per heavy atom. The molecule has 0 spiro atoms. The first-order valence-corrected chi connectivity index (χ1v) is 11.0. The fourth-order valence-corrected chi connectivity index (χ4v) is 5.22. The lowest BCUT2D eigenvalue weighted by molar-refractivity contribution is -0.142. The van der Waals surface area contributed by atoms with E-state index in [2.05, 4.69) is 22.6 Å². The second-order valence-corrected chi connectivity index (χ2v) is 9.92. The maximum Gasteiger partial charge on any atom is 0.244 e. The zero-order chi connectivity index (χ0) is 19.8. The Bertz CT molecular complexity index is 1030. The van der Waals surface area contributed by atoms with Gasteiger partial charge in [0, 0.05) is 10.5 Å². The molecule has 1 heterocycles. The molecule has 0 saturated heterocycles. The van der Waals surface area contributed by atoms with E-state index in [0.717, 1.165) is 8.47 Å². The van der Waals surface area contributed by atoms with Gasteiger partial charge in [0.25, 0.3) is 0 Å². The highest BCUT2D eigenvalue weighted by Crippen LogP contribution is 2.39. The van der Waals surface area contributed by atoms with Crippen LogP contribution in [0.25, 0.3) is 5.70 Å². The predicted octanol–water partition coefficient (Wildman–Crippen LogP) is 3.50. The van der Waals surface area contributed by atoms with Crippen molar-refractivity contribution in [3.05, 3.63) is 69.8 Å². The van der Waals surface area contributed by atoms with Crippen LogP contribution in [0.4, 0.5) is 0 Å². The molecule has 7 heteroatoms. The van der Waals surface area contributed by atoms with Crippen LogP contribution in [0.3, 0.4) is 0 Å². The molecule has 2 aromatic rings. The molecule has 1 unspecified atom stereocenters. The summed E-state index contributed by atoms with van der Waals surface area (Å²) in [6, 6.07) is 15.5. The van der Waals surface area contributed by atoms with E-state index in [1.807, 2.05) is 6.07 Å². The Morgan fingerprint density at radius 1 is 1.07 bits per heavy atom. The third-order valence-corrected chi connectivity index (χ3v) is 7.12. The van der Waals surface area contributed by atoms with Crippen LogP contribution in [0.2, 0.25) is 0 Å². The van der Waals surface area contributed by atoms with Crippen molar-refractivity contribution in [1.29, 1.82) is 0 Å². The molecule has 140 valence electrons. The van der Waals surface area contributed by atoms with Crippen LogP contribution in [0.5, 0.6) is 0 Å². The van der Waals surface area contributed by atoms with Crippen molar-refractivity contribution in [2.75, 3.05) is 5.75 Å². The number of halogens is 1. The normalized spacial score (nSPS) is 19.9. The number of hydrogen-bond acceptors (Lipinski definition) is 4. The molecule has 0 saturated carbocycles. The van der Waals surface area contributed by atoms with Crippen molar-refractivity contribution in [2.45, 2.75) is 18.7 Å². The third-order valence-electron chi connectivity index (χ3n) is 4.43. The van der Waals surface area contributed by atoms with Gasteiger partial charge in [0.15, 0.2) is 9.84 Å². The number of imide groups is 1. The first-order valence-electron chi connectivity index (χ1n) is 8.26. The van der Waals surface area contributed by atoms with Crippen molar-refractivity contribution in [3.8, 4) is 0 Å². The minimum Gasteiger partial charge on any atom is -0.274 e. The highest BCUT2D eigenvalue weighted by atomic mass is 127. The molecule has 0 aliphatic carbocycles. The van der Waals surface area contributed by atoms with Crippen LogP contribution >= 0.6 is 22.6 Å². The van der Waals surface area contributed by atoms with Crippen molar-refractivity contribution < 1.29 is 18.0 Å². The van der Waals surface area contributed by atoms with Crippen molar-refractivity contribution >= 4 is 49.9 Å². The van der Waals surface area contributed by atoms with Gasteiger partial charge in [0.2, 0.25) is 11.8 Å². The Morgan fingerprint density at radius 2 is 1.67 bits per heavy atom. The predicted molar refractivity (Wildman–Crippen MR) is 111 cm³/mol. The summed E-state index contributed by atoms with van der Waals surface area (Å²) in [5, 5.41) is 0. The average Bonchev–Trinajstić information content (AvgIpc) is 2.87. The molecule has 0 aromatic heterocycles. The highest BCUT2D eigenvalue weighted by molar-refractivity contribution is 14.1. The van der Waals surface area contributed by atoms with Gasteiger partial charge >= 0.3 is 0 Å². The number of sulfone groups is 1. The molecule has 0 radical (unpaired) electrons. The standard InChI is InChI=1S/C20H18INO4S/c1-14(23)22-18(15-6-4-3-5-7-15)12-20(2,19(22)24)13-27(25,26)17-10-8-16(21)9-11-17/h3-12H,13H2,1-2H3. The SMILES string of the molecule is CC(=O)N1C(=O)C(C)(CS(=O)(=O)c2ccc(I)cc2)C=C1c1ccccc1. The van der Waals surface area contributed by atoms with E-state index in [1.165, 1.54) is 19.1 Å². The highest BCUT2D eigenvalue weighted by Gasteiger charge is 2.47. The second kappa shape index (κ2) is 7.20. The Labute approximate surface area is 172 Å². The summed E-state index contributed by atoms with van der Waals surface area (Å²) >= 11 is 2.10. The molecule has 5 nitrogen and oxygen atoms in total. The number of rotatable bonds is 4. The smallest absolute Gasteiger partial charge is 0.244 e. The minimum absolute atomic E-state index is 0.160. The molecule has 2 aromatic carbocycles. The maximum absolute atomic E-state index is 13.0. The number of hydrogen-bond donors (Lipinski definition) is 0. The monoisotopic (exact) mass is 495 g/mol. The van der Waals surface area contributed by atoms with Gasteiger partial charge in [0.05, 0.1) is 21.8 Å². The molecule has 0 bridgehead atoms. The third kappa shape index (κ3) is 3.84. The van der Waals surface area contributed by atoms with Crippen LogP contribution < -0.4 is 0 Å². The summed E-state index contributed by atoms with van der Waals surface area (Å²) in [6.07, 6.45) is 1.59. The van der Waals surface area contributed by atoms with E-state index in [4.69, 9.17) is 0 Å². The summed E-state index contributed by atoms with van der Waals surface area (Å²) in [4.78, 5) is 26.3. The van der Waals surface area contributed by atoms with Crippen molar-refractivity contribution in [1.82, 2.24) is 4.90 Å². The summed E-state index contributed by atoms with van der Waals surface area (Å²) in [5.41, 5.74) is -0.205. The van der Waals surface area contributed by atoms with Crippen molar-refractivity contribution in [3.63, 3.8) is 0 Å². The van der Waals surface area contributed by atoms with E-state index in [-0.39, 0.29) is 4.90 Å². The average molecular weight is 495 g/mol. The molecule has 1 aliphatic heterocycles. The molecular formula is C20H18INO4S. The van der Waals surface area contributed by atoms with Gasteiger partial charge in [-0.1, -0.05) is 30.3 Å². The number of carbonyl (C=O) groups is 2.